The Bertz CT molecular complexity index is 746. The van der Waals surface area contributed by atoms with Gasteiger partial charge >= 0.3 is 0 Å². The second-order valence-corrected chi connectivity index (χ2v) is 8.67. The third-order valence-electron chi connectivity index (χ3n) is 6.95. The third kappa shape index (κ3) is 1.64. The second kappa shape index (κ2) is 5.06. The van der Waals surface area contributed by atoms with Gasteiger partial charge in [-0.3, -0.25) is 0 Å². The lowest BCUT2D eigenvalue weighted by Gasteiger charge is -2.58. The average molecular weight is 342 g/mol. The Balaban J connectivity index is 1.74. The zero-order valence-electron chi connectivity index (χ0n) is 14.1. The summed E-state index contributed by atoms with van der Waals surface area (Å²) in [5, 5.41) is 11.9. The molecule has 1 saturated carbocycles. The highest BCUT2D eigenvalue weighted by atomic mass is 32.2. The number of benzene rings is 1. The molecular formula is C19H22N2O2S. The second-order valence-electron chi connectivity index (χ2n) is 7.64. The monoisotopic (exact) mass is 342 g/mol. The Labute approximate surface area is 147 Å². The SMILES string of the molecule is COc1ccc2c3c1O[C@H]1[C@@H](SC#N)CC[C@H]4[C@@H](C2)N(C)CC[C@@]341. The molecule has 126 valence electrons. The number of likely N-dealkylation sites (tertiary alicyclic amines) is 1. The zero-order valence-corrected chi connectivity index (χ0v) is 14.9. The molecule has 2 aliphatic carbocycles. The normalized spacial score (nSPS) is 38.9. The lowest BCUT2D eigenvalue weighted by atomic mass is 9.52. The maximum Gasteiger partial charge on any atom is 0.165 e. The highest BCUT2D eigenvalue weighted by Crippen LogP contribution is 2.64. The summed E-state index contributed by atoms with van der Waals surface area (Å²) >= 11 is 1.41. The van der Waals surface area contributed by atoms with Gasteiger partial charge in [-0.05, 0) is 68.6 Å². The fourth-order valence-electron chi connectivity index (χ4n) is 6.03. The summed E-state index contributed by atoms with van der Waals surface area (Å²) in [4.78, 5) is 2.55. The number of rotatable bonds is 2. The van der Waals surface area contributed by atoms with E-state index < -0.39 is 0 Å². The number of nitrogens with zero attached hydrogens (tertiary/aromatic N) is 2. The molecule has 0 radical (unpaired) electrons. The van der Waals surface area contributed by atoms with Crippen LogP contribution in [0.1, 0.15) is 30.4 Å². The van der Waals surface area contributed by atoms with Crippen molar-refractivity contribution in [2.45, 2.75) is 48.5 Å². The van der Waals surface area contributed by atoms with Gasteiger partial charge in [0.2, 0.25) is 0 Å². The van der Waals surface area contributed by atoms with Crippen molar-refractivity contribution < 1.29 is 9.47 Å². The van der Waals surface area contributed by atoms with Gasteiger partial charge in [0.05, 0.1) is 12.4 Å². The molecule has 1 spiro atoms. The largest absolute Gasteiger partial charge is 0.493 e. The van der Waals surface area contributed by atoms with Crippen LogP contribution in [-0.2, 0) is 11.8 Å². The standard InChI is InChI=1S/C19H22N2O2S/c1-21-8-7-19-12-4-6-15(24-10-20)18(19)23-17-14(22-2)5-3-11(16(17)19)9-13(12)21/h3,5,12-13,15,18H,4,6-9H2,1-2H3/t12-,13+,15-,18-,19-/m0/s1. The Hall–Kier alpha value is -1.38. The van der Waals surface area contributed by atoms with Gasteiger partial charge in [-0.25, -0.2) is 0 Å². The fraction of sp³-hybridized carbons (Fsp3) is 0.632. The van der Waals surface area contributed by atoms with Crippen molar-refractivity contribution in [2.75, 3.05) is 20.7 Å². The topological polar surface area (TPSA) is 45.5 Å². The van der Waals surface area contributed by atoms with E-state index in [1.807, 2.05) is 0 Å². The van der Waals surface area contributed by atoms with Gasteiger partial charge in [0.1, 0.15) is 11.5 Å². The quantitative estimate of drug-likeness (QED) is 0.773. The van der Waals surface area contributed by atoms with Gasteiger partial charge in [-0.2, -0.15) is 5.26 Å². The van der Waals surface area contributed by atoms with Crippen LogP contribution in [0.2, 0.25) is 0 Å². The van der Waals surface area contributed by atoms with Crippen LogP contribution in [0.4, 0.5) is 0 Å². The molecule has 0 aromatic heterocycles. The first-order valence-corrected chi connectivity index (χ1v) is 9.70. The molecule has 2 heterocycles. The molecule has 0 unspecified atom stereocenters. The van der Waals surface area contributed by atoms with Crippen molar-refractivity contribution in [1.82, 2.24) is 4.90 Å². The van der Waals surface area contributed by atoms with Crippen LogP contribution >= 0.6 is 11.8 Å². The van der Waals surface area contributed by atoms with Crippen molar-refractivity contribution in [1.29, 1.82) is 5.26 Å². The number of thiocyanates is 1. The van der Waals surface area contributed by atoms with E-state index in [1.54, 1.807) is 7.11 Å². The van der Waals surface area contributed by atoms with E-state index in [1.165, 1.54) is 29.3 Å². The number of piperidine rings is 1. The minimum absolute atomic E-state index is 0.0847. The molecule has 24 heavy (non-hydrogen) atoms. The first-order chi connectivity index (χ1) is 11.7. The number of ether oxygens (including phenoxy) is 2. The molecule has 5 atom stereocenters. The van der Waals surface area contributed by atoms with Crippen molar-refractivity contribution >= 4 is 11.8 Å². The summed E-state index contributed by atoms with van der Waals surface area (Å²) in [5.41, 5.74) is 2.94. The Morgan fingerprint density at radius 2 is 2.29 bits per heavy atom. The van der Waals surface area contributed by atoms with E-state index in [0.29, 0.717) is 12.0 Å². The number of thioether (sulfide) groups is 1. The minimum Gasteiger partial charge on any atom is -0.493 e. The third-order valence-corrected chi connectivity index (χ3v) is 7.84. The molecule has 2 fully saturated rings. The van der Waals surface area contributed by atoms with Crippen LogP contribution in [0.25, 0.3) is 0 Å². The summed E-state index contributed by atoms with van der Waals surface area (Å²) in [6.07, 6.45) is 4.63. The fourth-order valence-corrected chi connectivity index (χ4v) is 6.84. The van der Waals surface area contributed by atoms with Crippen LogP contribution in [-0.4, -0.2) is 43.0 Å². The molecule has 0 amide bonds. The van der Waals surface area contributed by atoms with E-state index >= 15 is 0 Å². The predicted octanol–water partition coefficient (Wildman–Crippen LogP) is 2.95. The number of likely N-dealkylation sites (N-methyl/N-ethyl adjacent to an activating group) is 1. The molecule has 2 aliphatic heterocycles. The molecule has 4 aliphatic rings. The molecule has 4 nitrogen and oxygen atoms in total. The van der Waals surface area contributed by atoms with Crippen LogP contribution < -0.4 is 9.47 Å². The maximum atomic E-state index is 9.28. The molecule has 5 rings (SSSR count). The van der Waals surface area contributed by atoms with Crippen LogP contribution in [0.5, 0.6) is 11.5 Å². The first-order valence-electron chi connectivity index (χ1n) is 8.82. The average Bonchev–Trinajstić information content (AvgIpc) is 2.94. The Morgan fingerprint density at radius 1 is 1.42 bits per heavy atom. The number of methoxy groups -OCH3 is 1. The van der Waals surface area contributed by atoms with Crippen LogP contribution in [0.15, 0.2) is 12.1 Å². The number of hydrogen-bond donors (Lipinski definition) is 0. The Morgan fingerprint density at radius 3 is 3.08 bits per heavy atom. The van der Waals surface area contributed by atoms with Crippen molar-refractivity contribution in [3.63, 3.8) is 0 Å². The van der Waals surface area contributed by atoms with Crippen molar-refractivity contribution in [3.8, 4) is 16.9 Å². The highest BCUT2D eigenvalue weighted by Gasteiger charge is 2.65. The van der Waals surface area contributed by atoms with E-state index in [9.17, 15) is 5.26 Å². The summed E-state index contributed by atoms with van der Waals surface area (Å²) in [5.74, 6) is 2.46. The predicted molar refractivity (Wildman–Crippen MR) is 93.5 cm³/mol. The Kier molecular flexibility index (Phi) is 3.15. The van der Waals surface area contributed by atoms with Gasteiger partial charge in [0.25, 0.3) is 0 Å². The van der Waals surface area contributed by atoms with E-state index in [-0.39, 0.29) is 16.8 Å². The van der Waals surface area contributed by atoms with E-state index in [0.717, 1.165) is 37.3 Å². The minimum atomic E-state index is 0.0847. The lowest BCUT2D eigenvalue weighted by molar-refractivity contribution is -0.0394. The van der Waals surface area contributed by atoms with Gasteiger partial charge in [0, 0.05) is 17.0 Å². The van der Waals surface area contributed by atoms with Gasteiger partial charge in [-0.1, -0.05) is 6.07 Å². The van der Waals surface area contributed by atoms with Crippen LogP contribution in [0, 0.1) is 16.6 Å². The van der Waals surface area contributed by atoms with Crippen molar-refractivity contribution in [2.24, 2.45) is 5.92 Å². The first kappa shape index (κ1) is 14.9. The smallest absolute Gasteiger partial charge is 0.165 e. The summed E-state index contributed by atoms with van der Waals surface area (Å²) < 4.78 is 12.2. The molecule has 0 N–H and O–H groups in total. The highest BCUT2D eigenvalue weighted by molar-refractivity contribution is 8.04. The van der Waals surface area contributed by atoms with E-state index in [4.69, 9.17) is 9.47 Å². The lowest BCUT2D eigenvalue weighted by Crippen LogP contribution is -2.65. The maximum absolute atomic E-state index is 9.28. The molecule has 1 aromatic rings. The van der Waals surface area contributed by atoms with Crippen molar-refractivity contribution in [3.05, 3.63) is 23.3 Å². The summed E-state index contributed by atoms with van der Waals surface area (Å²) in [6, 6.07) is 4.91. The van der Waals surface area contributed by atoms with Gasteiger partial charge < -0.3 is 14.4 Å². The molecular weight excluding hydrogens is 320 g/mol. The van der Waals surface area contributed by atoms with E-state index in [2.05, 4.69) is 29.5 Å². The molecule has 1 saturated heterocycles. The number of nitriles is 1. The zero-order chi connectivity index (χ0) is 16.5. The van der Waals surface area contributed by atoms with Gasteiger partial charge in [0.15, 0.2) is 11.5 Å². The van der Waals surface area contributed by atoms with Crippen LogP contribution in [0.3, 0.4) is 0 Å². The molecule has 5 heteroatoms. The van der Waals surface area contributed by atoms with Gasteiger partial charge in [-0.15, -0.1) is 0 Å². The summed E-state index contributed by atoms with van der Waals surface area (Å²) in [7, 11) is 3.99. The molecule has 1 aromatic carbocycles. The number of hydrogen-bond acceptors (Lipinski definition) is 5. The summed E-state index contributed by atoms with van der Waals surface area (Å²) in [6.45, 7) is 1.11. The molecule has 2 bridgehead atoms.